The van der Waals surface area contributed by atoms with E-state index in [1.165, 1.54) is 6.26 Å². The van der Waals surface area contributed by atoms with Gasteiger partial charge in [0.2, 0.25) is 0 Å². The molecule has 90 valence electrons. The summed E-state index contributed by atoms with van der Waals surface area (Å²) >= 11 is 0. The highest BCUT2D eigenvalue weighted by Crippen LogP contribution is 2.20. The van der Waals surface area contributed by atoms with Gasteiger partial charge in [-0.3, -0.25) is 0 Å². The zero-order valence-corrected chi connectivity index (χ0v) is 10.5. The van der Waals surface area contributed by atoms with Gasteiger partial charge < -0.3 is 10.6 Å². The van der Waals surface area contributed by atoms with Gasteiger partial charge in [0, 0.05) is 24.9 Å². The monoisotopic (exact) mass is 234 g/mol. The van der Waals surface area contributed by atoms with E-state index in [-0.39, 0.29) is 5.75 Å². The minimum atomic E-state index is -2.83. The zero-order chi connectivity index (χ0) is 11.5. The van der Waals surface area contributed by atoms with E-state index in [4.69, 9.17) is 5.73 Å². The summed E-state index contributed by atoms with van der Waals surface area (Å²) in [6, 6.07) is 0.871. The van der Waals surface area contributed by atoms with Gasteiger partial charge in [-0.15, -0.1) is 0 Å². The van der Waals surface area contributed by atoms with Crippen molar-refractivity contribution in [1.82, 2.24) is 4.90 Å². The van der Waals surface area contributed by atoms with Crippen LogP contribution in [0.4, 0.5) is 0 Å². The fourth-order valence-corrected chi connectivity index (χ4v) is 2.65. The molecule has 15 heavy (non-hydrogen) atoms. The summed E-state index contributed by atoms with van der Waals surface area (Å²) in [4.78, 5) is 2.16. The summed E-state index contributed by atoms with van der Waals surface area (Å²) in [5.41, 5.74) is 5.83. The highest BCUT2D eigenvalue weighted by molar-refractivity contribution is 7.90. The lowest BCUT2D eigenvalue weighted by Crippen LogP contribution is -2.40. The lowest BCUT2D eigenvalue weighted by Gasteiger charge is -2.33. The first kappa shape index (κ1) is 12.9. The molecule has 0 spiro atoms. The molecular formula is C10H22N2O2S. The van der Waals surface area contributed by atoms with Crippen molar-refractivity contribution in [2.45, 2.75) is 37.8 Å². The van der Waals surface area contributed by atoms with Crippen molar-refractivity contribution < 1.29 is 8.42 Å². The maximum Gasteiger partial charge on any atom is 0.148 e. The second-order valence-electron chi connectivity index (χ2n) is 4.68. The lowest BCUT2D eigenvalue weighted by molar-refractivity contribution is 0.192. The fourth-order valence-electron chi connectivity index (χ4n) is 2.03. The molecule has 0 unspecified atom stereocenters. The van der Waals surface area contributed by atoms with E-state index >= 15 is 0 Å². The lowest BCUT2D eigenvalue weighted by atomic mass is 9.91. The van der Waals surface area contributed by atoms with Gasteiger partial charge in [0.25, 0.3) is 0 Å². The second kappa shape index (κ2) is 5.27. The van der Waals surface area contributed by atoms with E-state index in [9.17, 15) is 8.42 Å². The van der Waals surface area contributed by atoms with Gasteiger partial charge >= 0.3 is 0 Å². The molecule has 1 aliphatic rings. The number of nitrogens with zero attached hydrogens (tertiary/aromatic N) is 1. The van der Waals surface area contributed by atoms with Crippen molar-refractivity contribution in [2.75, 3.05) is 25.6 Å². The fraction of sp³-hybridized carbons (Fsp3) is 1.00. The Kier molecular flexibility index (Phi) is 4.55. The Labute approximate surface area is 92.7 Å². The van der Waals surface area contributed by atoms with Crippen molar-refractivity contribution in [1.29, 1.82) is 0 Å². The minimum Gasteiger partial charge on any atom is -0.328 e. The average Bonchev–Trinajstić information content (AvgIpc) is 2.14. The Morgan fingerprint density at radius 3 is 2.27 bits per heavy atom. The molecule has 4 nitrogen and oxygen atoms in total. The van der Waals surface area contributed by atoms with Crippen LogP contribution in [0.5, 0.6) is 0 Å². The summed E-state index contributed by atoms with van der Waals surface area (Å²) in [7, 11) is -0.828. The number of rotatable bonds is 4. The van der Waals surface area contributed by atoms with Gasteiger partial charge in [-0.25, -0.2) is 8.42 Å². The first-order valence-electron chi connectivity index (χ1n) is 5.52. The van der Waals surface area contributed by atoms with Gasteiger partial charge in [0.15, 0.2) is 0 Å². The summed E-state index contributed by atoms with van der Waals surface area (Å²) < 4.78 is 22.0. The van der Waals surface area contributed by atoms with Crippen LogP contribution in [0.25, 0.3) is 0 Å². The van der Waals surface area contributed by atoms with E-state index in [0.717, 1.165) is 25.7 Å². The van der Waals surface area contributed by atoms with Crippen LogP contribution in [0, 0.1) is 0 Å². The number of sulfone groups is 1. The molecule has 1 aliphatic carbocycles. The number of hydrogen-bond acceptors (Lipinski definition) is 4. The third-order valence-corrected chi connectivity index (χ3v) is 4.10. The van der Waals surface area contributed by atoms with Crippen LogP contribution in [0.1, 0.15) is 25.7 Å². The quantitative estimate of drug-likeness (QED) is 0.756. The summed E-state index contributed by atoms with van der Waals surface area (Å²) in [5.74, 6) is 0.256. The highest BCUT2D eigenvalue weighted by Gasteiger charge is 2.22. The largest absolute Gasteiger partial charge is 0.328 e. The Balaban J connectivity index is 2.31. The van der Waals surface area contributed by atoms with E-state index in [1.54, 1.807) is 0 Å². The molecule has 1 rings (SSSR count). The molecule has 0 aromatic heterocycles. The number of hydrogen-bond donors (Lipinski definition) is 1. The average molecular weight is 234 g/mol. The first-order chi connectivity index (χ1) is 6.88. The molecule has 1 saturated carbocycles. The standard InChI is InChI=1S/C10H22N2O2S/c1-12(7-8-15(2,13)14)10-5-3-9(11)4-6-10/h9-10H,3-8,11H2,1-2H3. The van der Waals surface area contributed by atoms with E-state index in [2.05, 4.69) is 4.90 Å². The maximum absolute atomic E-state index is 11.0. The van der Waals surface area contributed by atoms with Crippen LogP contribution in [0.15, 0.2) is 0 Å². The molecular weight excluding hydrogens is 212 g/mol. The first-order valence-corrected chi connectivity index (χ1v) is 7.58. The van der Waals surface area contributed by atoms with Crippen molar-refractivity contribution in [3.05, 3.63) is 0 Å². The predicted molar refractivity (Wildman–Crippen MR) is 62.6 cm³/mol. The van der Waals surface area contributed by atoms with Crippen LogP contribution in [-0.4, -0.2) is 51.0 Å². The Morgan fingerprint density at radius 2 is 1.80 bits per heavy atom. The molecule has 0 saturated heterocycles. The predicted octanol–water partition coefficient (Wildman–Crippen LogP) is 0.233. The zero-order valence-electron chi connectivity index (χ0n) is 9.65. The molecule has 0 radical (unpaired) electrons. The molecule has 0 aromatic carbocycles. The molecule has 1 fully saturated rings. The molecule has 0 aromatic rings. The molecule has 5 heteroatoms. The SMILES string of the molecule is CN(CCS(C)(=O)=O)C1CCC(N)CC1. The Bertz CT molecular complexity index is 282. The van der Waals surface area contributed by atoms with E-state index < -0.39 is 9.84 Å². The van der Waals surface area contributed by atoms with Crippen molar-refractivity contribution in [2.24, 2.45) is 5.73 Å². The van der Waals surface area contributed by atoms with Crippen LogP contribution >= 0.6 is 0 Å². The summed E-state index contributed by atoms with van der Waals surface area (Å²) in [5, 5.41) is 0. The Hall–Kier alpha value is -0.130. The highest BCUT2D eigenvalue weighted by atomic mass is 32.2. The van der Waals surface area contributed by atoms with E-state index in [0.29, 0.717) is 18.6 Å². The van der Waals surface area contributed by atoms with Gasteiger partial charge in [-0.05, 0) is 32.7 Å². The van der Waals surface area contributed by atoms with Crippen molar-refractivity contribution in [3.63, 3.8) is 0 Å². The van der Waals surface area contributed by atoms with Gasteiger partial charge in [-0.2, -0.15) is 0 Å². The van der Waals surface area contributed by atoms with Crippen LogP contribution in [0.2, 0.25) is 0 Å². The maximum atomic E-state index is 11.0. The molecule has 0 bridgehead atoms. The minimum absolute atomic E-state index is 0.256. The molecule has 0 aliphatic heterocycles. The van der Waals surface area contributed by atoms with E-state index in [1.807, 2.05) is 7.05 Å². The second-order valence-corrected chi connectivity index (χ2v) is 6.94. The van der Waals surface area contributed by atoms with Gasteiger partial charge in [0.05, 0.1) is 5.75 Å². The molecule has 2 N–H and O–H groups in total. The molecule has 0 amide bonds. The van der Waals surface area contributed by atoms with Gasteiger partial charge in [-0.1, -0.05) is 0 Å². The molecule has 0 atom stereocenters. The normalized spacial score (nSPS) is 28.3. The Morgan fingerprint density at radius 1 is 1.27 bits per heavy atom. The van der Waals surface area contributed by atoms with Crippen LogP contribution in [-0.2, 0) is 9.84 Å². The van der Waals surface area contributed by atoms with Crippen LogP contribution in [0.3, 0.4) is 0 Å². The third kappa shape index (κ3) is 4.95. The van der Waals surface area contributed by atoms with Gasteiger partial charge in [0.1, 0.15) is 9.84 Å². The van der Waals surface area contributed by atoms with Crippen molar-refractivity contribution >= 4 is 9.84 Å². The topological polar surface area (TPSA) is 63.4 Å². The third-order valence-electron chi connectivity index (χ3n) is 3.18. The molecule has 0 heterocycles. The smallest absolute Gasteiger partial charge is 0.148 e. The van der Waals surface area contributed by atoms with Crippen molar-refractivity contribution in [3.8, 4) is 0 Å². The summed E-state index contributed by atoms with van der Waals surface area (Å²) in [6.07, 6.45) is 5.61. The number of nitrogens with two attached hydrogens (primary N) is 1. The summed E-state index contributed by atoms with van der Waals surface area (Å²) in [6.45, 7) is 0.638. The van der Waals surface area contributed by atoms with Crippen LogP contribution < -0.4 is 5.73 Å².